The fraction of sp³-hybridized carbons (Fsp3) is 0.735. The van der Waals surface area contributed by atoms with Crippen molar-refractivity contribution in [3.63, 3.8) is 0 Å². The van der Waals surface area contributed by atoms with Crippen LogP contribution in [0, 0.1) is 18.8 Å². The Morgan fingerprint density at radius 2 is 1.72 bits per heavy atom. The number of carbonyl (C=O) groups is 1. The van der Waals surface area contributed by atoms with Crippen molar-refractivity contribution in [2.75, 3.05) is 13.2 Å². The fourth-order valence-corrected chi connectivity index (χ4v) is 7.39. The summed E-state index contributed by atoms with van der Waals surface area (Å²) in [5.74, 6) is -1.21. The van der Waals surface area contributed by atoms with Crippen LogP contribution in [0.15, 0.2) is 41.3 Å². The number of esters is 1. The number of hydrogen-bond acceptors (Lipinski definition) is 8. The van der Waals surface area contributed by atoms with Gasteiger partial charge in [0.05, 0.1) is 36.4 Å². The van der Waals surface area contributed by atoms with Crippen LogP contribution in [-0.2, 0) is 33.3 Å². The van der Waals surface area contributed by atoms with Crippen molar-refractivity contribution in [2.24, 2.45) is 11.8 Å². The number of ether oxygens (including phenoxy) is 3. The maximum absolute atomic E-state index is 13.3. The average Bonchev–Trinajstić information content (AvgIpc) is 3.53. The summed E-state index contributed by atoms with van der Waals surface area (Å²) in [6.45, 7) is 8.90. The Hall–Kier alpha value is -1.78. The Labute approximate surface area is 259 Å². The highest BCUT2D eigenvalue weighted by molar-refractivity contribution is 7.86. The average molecular weight is 623 g/mol. The molecule has 0 radical (unpaired) electrons. The van der Waals surface area contributed by atoms with Gasteiger partial charge in [0.1, 0.15) is 0 Å². The number of hydrogen-bond donors (Lipinski definition) is 1. The molecule has 1 saturated heterocycles. The second-order valence-corrected chi connectivity index (χ2v) is 14.1. The smallest absolute Gasteiger partial charge is 0.306 e. The Balaban J connectivity index is 1.68. The summed E-state index contributed by atoms with van der Waals surface area (Å²) < 4.78 is 49.9. The van der Waals surface area contributed by atoms with E-state index in [2.05, 4.69) is 6.92 Å². The number of aliphatic hydroxyl groups is 1. The predicted octanol–water partition coefficient (Wildman–Crippen LogP) is 7.02. The van der Waals surface area contributed by atoms with Gasteiger partial charge in [-0.2, -0.15) is 8.42 Å². The number of unbranched alkanes of at least 4 members (excludes halogenated alkanes) is 5. The first-order valence-corrected chi connectivity index (χ1v) is 17.8. The highest BCUT2D eigenvalue weighted by Gasteiger charge is 2.46. The zero-order chi connectivity index (χ0) is 31.3. The van der Waals surface area contributed by atoms with Gasteiger partial charge in [-0.1, -0.05) is 62.5 Å². The number of allylic oxidation sites excluding steroid dienone is 2. The first-order chi connectivity index (χ1) is 20.5. The first kappa shape index (κ1) is 35.7. The van der Waals surface area contributed by atoms with Crippen molar-refractivity contribution in [1.82, 2.24) is 0 Å². The molecular formula is C34H54O8S. The van der Waals surface area contributed by atoms with Crippen LogP contribution in [0.1, 0.15) is 110 Å². The molecule has 1 heterocycles. The minimum atomic E-state index is -4.00. The summed E-state index contributed by atoms with van der Waals surface area (Å²) in [7, 11) is -4.00. The van der Waals surface area contributed by atoms with Crippen molar-refractivity contribution in [3.05, 3.63) is 42.0 Å². The molecule has 43 heavy (non-hydrogen) atoms. The summed E-state index contributed by atoms with van der Waals surface area (Å²) in [5.41, 5.74) is 0.966. The quantitative estimate of drug-likeness (QED) is 0.0759. The van der Waals surface area contributed by atoms with Gasteiger partial charge in [0.15, 0.2) is 5.79 Å². The van der Waals surface area contributed by atoms with E-state index < -0.39 is 28.1 Å². The fourth-order valence-electron chi connectivity index (χ4n) is 6.27. The third-order valence-electron chi connectivity index (χ3n) is 8.58. The van der Waals surface area contributed by atoms with Crippen LogP contribution in [-0.4, -0.2) is 56.8 Å². The minimum Gasteiger partial charge on any atom is -0.463 e. The molecule has 1 aliphatic heterocycles. The van der Waals surface area contributed by atoms with Gasteiger partial charge in [0.2, 0.25) is 0 Å². The largest absolute Gasteiger partial charge is 0.463 e. The highest BCUT2D eigenvalue weighted by Crippen LogP contribution is 2.43. The molecule has 2 aliphatic rings. The Morgan fingerprint density at radius 3 is 2.40 bits per heavy atom. The first-order valence-electron chi connectivity index (χ1n) is 16.4. The molecule has 1 aromatic carbocycles. The van der Waals surface area contributed by atoms with E-state index in [9.17, 15) is 18.3 Å². The Bertz CT molecular complexity index is 1090. The lowest BCUT2D eigenvalue weighted by Crippen LogP contribution is -2.33. The Morgan fingerprint density at radius 1 is 1.02 bits per heavy atom. The summed E-state index contributed by atoms with van der Waals surface area (Å²) in [5, 5.41) is 11.1. The van der Waals surface area contributed by atoms with Crippen LogP contribution in [0.5, 0.6) is 0 Å². The zero-order valence-corrected chi connectivity index (χ0v) is 27.5. The molecule has 0 bridgehead atoms. The maximum Gasteiger partial charge on any atom is 0.306 e. The van der Waals surface area contributed by atoms with E-state index in [-0.39, 0.29) is 35.2 Å². The molecule has 4 atom stereocenters. The van der Waals surface area contributed by atoms with Crippen molar-refractivity contribution in [2.45, 2.75) is 140 Å². The van der Waals surface area contributed by atoms with E-state index in [0.29, 0.717) is 45.3 Å². The molecule has 1 N–H and O–H groups in total. The van der Waals surface area contributed by atoms with E-state index in [1.165, 1.54) is 19.3 Å². The van der Waals surface area contributed by atoms with E-state index in [0.717, 1.165) is 31.2 Å². The van der Waals surface area contributed by atoms with Crippen molar-refractivity contribution in [3.8, 4) is 0 Å². The van der Waals surface area contributed by atoms with Gasteiger partial charge < -0.3 is 19.3 Å². The lowest BCUT2D eigenvalue weighted by Gasteiger charge is -2.31. The standard InChI is InChI=1S/C34H54O8S/c1-5-6-7-10-13-21-34(39-23-24-40-34)22-20-30-29(14-11-8-9-12-15-33(36)41-26(2)3)31(35)25-32(30)42-43(37,38)28-18-16-27(4)17-19-28/h8,11,16-19,26,29-32,35H,5-7,9-10,12-15,20-25H2,1-4H3/b11-8-/t29-,30-,31+,32-/m1/s1. The third kappa shape index (κ3) is 11.6. The molecular weight excluding hydrogens is 568 g/mol. The molecule has 2 fully saturated rings. The van der Waals surface area contributed by atoms with Crippen LogP contribution in [0.4, 0.5) is 0 Å². The van der Waals surface area contributed by atoms with E-state index in [1.54, 1.807) is 24.3 Å². The van der Waals surface area contributed by atoms with Gasteiger partial charge in [-0.25, -0.2) is 0 Å². The van der Waals surface area contributed by atoms with E-state index in [4.69, 9.17) is 18.4 Å². The number of benzene rings is 1. The van der Waals surface area contributed by atoms with Crippen LogP contribution >= 0.6 is 0 Å². The summed E-state index contributed by atoms with van der Waals surface area (Å²) in [4.78, 5) is 11.9. The van der Waals surface area contributed by atoms with Crippen LogP contribution in [0.3, 0.4) is 0 Å². The van der Waals surface area contributed by atoms with Gasteiger partial charge in [0.25, 0.3) is 10.1 Å². The van der Waals surface area contributed by atoms with E-state index in [1.807, 2.05) is 32.9 Å². The molecule has 0 aromatic heterocycles. The monoisotopic (exact) mass is 622 g/mol. The predicted molar refractivity (Wildman–Crippen MR) is 167 cm³/mol. The SMILES string of the molecule is CCCCCCCC1(CC[C@@H]2[C@@H](C/C=C\CCCC(=O)OC(C)C)[C@@H](O)C[C@H]2OS(=O)(=O)c2ccc(C)cc2)OCCO1. The van der Waals surface area contributed by atoms with Gasteiger partial charge in [-0.15, -0.1) is 0 Å². The molecule has 0 unspecified atom stereocenters. The number of rotatable bonds is 19. The van der Waals surface area contributed by atoms with Gasteiger partial charge >= 0.3 is 5.97 Å². The molecule has 3 rings (SSSR count). The summed E-state index contributed by atoms with van der Waals surface area (Å²) in [6, 6.07) is 6.64. The van der Waals surface area contributed by atoms with Crippen LogP contribution < -0.4 is 0 Å². The van der Waals surface area contributed by atoms with Crippen LogP contribution in [0.2, 0.25) is 0 Å². The second kappa shape index (κ2) is 17.6. The maximum atomic E-state index is 13.3. The molecule has 9 heteroatoms. The third-order valence-corrected chi connectivity index (χ3v) is 9.93. The Kier molecular flexibility index (Phi) is 14.6. The molecule has 0 amide bonds. The summed E-state index contributed by atoms with van der Waals surface area (Å²) >= 11 is 0. The van der Waals surface area contributed by atoms with Crippen molar-refractivity contribution < 1.29 is 36.7 Å². The zero-order valence-electron chi connectivity index (χ0n) is 26.7. The molecule has 244 valence electrons. The normalized spacial score (nSPS) is 23.9. The number of aliphatic hydroxyl groups excluding tert-OH is 1. The number of aryl methyl sites for hydroxylation is 1. The minimum absolute atomic E-state index is 0.117. The van der Waals surface area contributed by atoms with E-state index >= 15 is 0 Å². The van der Waals surface area contributed by atoms with Gasteiger partial charge in [-0.3, -0.25) is 8.98 Å². The molecule has 1 aliphatic carbocycles. The molecule has 0 spiro atoms. The molecule has 1 saturated carbocycles. The second-order valence-electron chi connectivity index (χ2n) is 12.5. The topological polar surface area (TPSA) is 108 Å². The van der Waals surface area contributed by atoms with Gasteiger partial charge in [0, 0.05) is 25.7 Å². The highest BCUT2D eigenvalue weighted by atomic mass is 32.2. The van der Waals surface area contributed by atoms with Gasteiger partial charge in [-0.05, 0) is 76.8 Å². The van der Waals surface area contributed by atoms with Crippen LogP contribution in [0.25, 0.3) is 0 Å². The lowest BCUT2D eigenvalue weighted by molar-refractivity contribution is -0.171. The lowest BCUT2D eigenvalue weighted by atomic mass is 9.85. The summed E-state index contributed by atoms with van der Waals surface area (Å²) in [6.07, 6.45) is 13.1. The van der Waals surface area contributed by atoms with Crippen molar-refractivity contribution in [1.29, 1.82) is 0 Å². The molecule has 8 nitrogen and oxygen atoms in total. The van der Waals surface area contributed by atoms with Crippen molar-refractivity contribution >= 4 is 16.1 Å². The molecule has 1 aromatic rings. The number of carbonyl (C=O) groups excluding carboxylic acids is 1.